The highest BCUT2D eigenvalue weighted by Gasteiger charge is 2.17. The summed E-state index contributed by atoms with van der Waals surface area (Å²) < 4.78 is 9.37. The third-order valence-electron chi connectivity index (χ3n) is 7.04. The van der Waals surface area contributed by atoms with E-state index in [1.165, 1.54) is 0 Å². The number of nitrogens with zero attached hydrogens (tertiary/aromatic N) is 3. The molecule has 0 fully saturated rings. The first-order chi connectivity index (χ1) is 20.3. The van der Waals surface area contributed by atoms with Crippen LogP contribution in [0.15, 0.2) is 97.1 Å². The highest BCUT2D eigenvalue weighted by Crippen LogP contribution is 2.24. The molecule has 0 bridgehead atoms. The number of ketones is 1. The first kappa shape index (κ1) is 29.2. The van der Waals surface area contributed by atoms with E-state index >= 15 is 0 Å². The second-order valence-corrected chi connectivity index (χ2v) is 10.9. The van der Waals surface area contributed by atoms with Gasteiger partial charge in [0.2, 0.25) is 11.5 Å². The number of fused-ring (bicyclic) bond motifs is 1. The van der Waals surface area contributed by atoms with Gasteiger partial charge in [0, 0.05) is 30.7 Å². The van der Waals surface area contributed by atoms with Gasteiger partial charge in [-0.1, -0.05) is 59.6 Å². The van der Waals surface area contributed by atoms with Crippen LogP contribution in [0.2, 0.25) is 10.0 Å². The molecule has 0 unspecified atom stereocenters. The summed E-state index contributed by atoms with van der Waals surface area (Å²) in [6, 6.07) is 29.2. The second kappa shape index (κ2) is 13.1. The van der Waals surface area contributed by atoms with E-state index < -0.39 is 0 Å². The molecule has 0 saturated heterocycles. The Hall–Kier alpha value is -4.33. The number of aryl methyl sites for hydroxylation is 1. The number of aromatic nitrogens is 2. The topological polar surface area (TPSA) is 80.3 Å². The van der Waals surface area contributed by atoms with E-state index in [1.807, 2.05) is 66.7 Å². The number of hydrogen-bond donors (Lipinski definition) is 1. The Kier molecular flexibility index (Phi) is 9.10. The predicted octanol–water partition coefficient (Wildman–Crippen LogP) is 7.00. The van der Waals surface area contributed by atoms with Crippen LogP contribution in [-0.4, -0.2) is 39.3 Å². The number of likely N-dealkylation sites (N-methyl/N-ethyl adjacent to an activating group) is 1. The molecular weight excluding hydrogens is 571 g/mol. The summed E-state index contributed by atoms with van der Waals surface area (Å²) in [6.45, 7) is 0.946. The van der Waals surface area contributed by atoms with E-state index in [0.717, 1.165) is 11.3 Å². The van der Waals surface area contributed by atoms with Crippen molar-refractivity contribution in [2.45, 2.75) is 25.9 Å². The molecule has 7 nitrogen and oxygen atoms in total. The molecule has 0 aliphatic heterocycles. The molecule has 0 aliphatic rings. The number of carbonyl (C=O) groups is 2. The number of ether oxygens (including phenoxy) is 1. The summed E-state index contributed by atoms with van der Waals surface area (Å²) in [6.07, 6.45) is 0.850. The van der Waals surface area contributed by atoms with Gasteiger partial charge in [0.1, 0.15) is 11.5 Å². The molecule has 0 aliphatic carbocycles. The Bertz CT molecular complexity index is 1780. The Labute approximate surface area is 254 Å². The largest absolute Gasteiger partial charge is 0.457 e. The van der Waals surface area contributed by atoms with Crippen LogP contribution in [-0.2, 0) is 24.3 Å². The van der Waals surface area contributed by atoms with E-state index in [1.54, 1.807) is 51.4 Å². The molecule has 42 heavy (non-hydrogen) atoms. The molecular formula is C33H30Cl2N4O3. The van der Waals surface area contributed by atoms with Crippen molar-refractivity contribution in [1.82, 2.24) is 14.0 Å². The summed E-state index contributed by atoms with van der Waals surface area (Å²) in [5.74, 6) is 1.27. The monoisotopic (exact) mass is 600 g/mol. The molecule has 1 heterocycles. The van der Waals surface area contributed by atoms with Gasteiger partial charge >= 0.3 is 0 Å². The lowest BCUT2D eigenvalue weighted by Crippen LogP contribution is -2.31. The smallest absolute Gasteiger partial charge is 0.226 e. The third kappa shape index (κ3) is 6.75. The molecule has 0 spiro atoms. The summed E-state index contributed by atoms with van der Waals surface area (Å²) >= 11 is 12.5. The van der Waals surface area contributed by atoms with Crippen molar-refractivity contribution in [1.29, 1.82) is 5.41 Å². The highest BCUT2D eigenvalue weighted by atomic mass is 35.5. The number of carbonyl (C=O) groups excluding carboxylic acids is 2. The highest BCUT2D eigenvalue weighted by molar-refractivity contribution is 6.35. The molecule has 214 valence electrons. The van der Waals surface area contributed by atoms with Crippen LogP contribution in [0, 0.1) is 5.41 Å². The van der Waals surface area contributed by atoms with Crippen LogP contribution in [0.4, 0.5) is 0 Å². The van der Waals surface area contributed by atoms with Crippen molar-refractivity contribution in [2.24, 2.45) is 0 Å². The number of benzene rings is 4. The fraction of sp³-hybridized carbons (Fsp3) is 0.182. The van der Waals surface area contributed by atoms with Gasteiger partial charge < -0.3 is 18.8 Å². The zero-order valence-electron chi connectivity index (χ0n) is 23.1. The molecule has 1 amide bonds. The van der Waals surface area contributed by atoms with Gasteiger partial charge in [0.05, 0.1) is 29.0 Å². The summed E-state index contributed by atoms with van der Waals surface area (Å²) in [7, 11) is 1.78. The minimum Gasteiger partial charge on any atom is -0.457 e. The molecule has 1 N–H and O–H groups in total. The number of imidazole rings is 1. The fourth-order valence-electron chi connectivity index (χ4n) is 4.85. The maximum atomic E-state index is 13.0. The molecule has 0 atom stereocenters. The quantitative estimate of drug-likeness (QED) is 0.166. The van der Waals surface area contributed by atoms with Gasteiger partial charge in [0.15, 0.2) is 5.78 Å². The predicted molar refractivity (Wildman–Crippen MR) is 165 cm³/mol. The number of rotatable bonds is 11. The molecule has 4 aromatic carbocycles. The molecule has 0 saturated carbocycles. The van der Waals surface area contributed by atoms with Gasteiger partial charge in [0.25, 0.3) is 0 Å². The third-order valence-corrected chi connectivity index (χ3v) is 7.60. The van der Waals surface area contributed by atoms with Crippen LogP contribution >= 0.6 is 23.2 Å². The van der Waals surface area contributed by atoms with Crippen LogP contribution < -0.4 is 10.4 Å². The van der Waals surface area contributed by atoms with Crippen molar-refractivity contribution in [2.75, 3.05) is 13.6 Å². The first-order valence-corrected chi connectivity index (χ1v) is 14.3. The van der Waals surface area contributed by atoms with E-state index in [4.69, 9.17) is 33.3 Å². The van der Waals surface area contributed by atoms with Crippen LogP contribution in [0.25, 0.3) is 11.0 Å². The van der Waals surface area contributed by atoms with E-state index in [0.29, 0.717) is 51.9 Å². The number of nitrogens with one attached hydrogen (secondary N) is 1. The minimum atomic E-state index is -0.132. The van der Waals surface area contributed by atoms with Crippen molar-refractivity contribution in [3.05, 3.63) is 124 Å². The standard InChI is InChI=1S/C33H30Cl2N4O3/c1-37(31(41)21-23-8-5-11-27(20-23)42-26-9-3-2-4-10-26)18-7-19-38-32-28(35)12-6-13-29(32)39(33(38)36)22-30(40)24-14-16-25(34)17-15-24/h2-6,8-17,20,36H,7,18-19,21-22H2,1H3. The molecule has 0 radical (unpaired) electrons. The average molecular weight is 602 g/mol. The number of para-hydroxylation sites is 2. The lowest BCUT2D eigenvalue weighted by molar-refractivity contribution is -0.129. The lowest BCUT2D eigenvalue weighted by Gasteiger charge is -2.18. The Morgan fingerprint density at radius 3 is 2.33 bits per heavy atom. The summed E-state index contributed by atoms with van der Waals surface area (Å²) in [5, 5.41) is 9.94. The zero-order chi connectivity index (χ0) is 29.6. The maximum absolute atomic E-state index is 13.0. The fourth-order valence-corrected chi connectivity index (χ4v) is 5.24. The van der Waals surface area contributed by atoms with Crippen molar-refractivity contribution in [3.63, 3.8) is 0 Å². The minimum absolute atomic E-state index is 0.00422. The van der Waals surface area contributed by atoms with Gasteiger partial charge in [-0.2, -0.15) is 0 Å². The van der Waals surface area contributed by atoms with E-state index in [9.17, 15) is 9.59 Å². The number of hydrogen-bond acceptors (Lipinski definition) is 4. The normalized spacial score (nSPS) is 11.0. The number of Topliss-reactive ketones (excluding diaryl/α,β-unsaturated/α-hetero) is 1. The Balaban J connectivity index is 1.24. The van der Waals surface area contributed by atoms with Crippen LogP contribution in [0.3, 0.4) is 0 Å². The maximum Gasteiger partial charge on any atom is 0.226 e. The molecule has 5 aromatic rings. The van der Waals surface area contributed by atoms with Gasteiger partial charge in [-0.05, 0) is 72.6 Å². The summed E-state index contributed by atoms with van der Waals surface area (Å²) in [4.78, 5) is 27.7. The van der Waals surface area contributed by atoms with E-state index in [-0.39, 0.29) is 30.3 Å². The number of halogens is 2. The Morgan fingerprint density at radius 2 is 1.57 bits per heavy atom. The van der Waals surface area contributed by atoms with Crippen molar-refractivity contribution >= 4 is 45.9 Å². The second-order valence-electron chi connectivity index (χ2n) is 10.0. The number of amides is 1. The average Bonchev–Trinajstić information content (AvgIpc) is 3.25. The molecule has 9 heteroatoms. The summed E-state index contributed by atoms with van der Waals surface area (Å²) in [5.41, 5.74) is 2.95. The van der Waals surface area contributed by atoms with Crippen LogP contribution in [0.5, 0.6) is 11.5 Å². The first-order valence-electron chi connectivity index (χ1n) is 13.6. The SMILES string of the molecule is CN(CCCn1c(=N)n(CC(=O)c2ccc(Cl)cc2)c2cccc(Cl)c21)C(=O)Cc1cccc(Oc2ccccc2)c1. The van der Waals surface area contributed by atoms with E-state index in [2.05, 4.69) is 0 Å². The molecule has 5 rings (SSSR count). The van der Waals surface area contributed by atoms with Crippen LogP contribution in [0.1, 0.15) is 22.3 Å². The van der Waals surface area contributed by atoms with Gasteiger partial charge in [-0.3, -0.25) is 15.0 Å². The van der Waals surface area contributed by atoms with Crippen molar-refractivity contribution < 1.29 is 14.3 Å². The van der Waals surface area contributed by atoms with Gasteiger partial charge in [-0.15, -0.1) is 0 Å². The van der Waals surface area contributed by atoms with Gasteiger partial charge in [-0.25, -0.2) is 0 Å². The lowest BCUT2D eigenvalue weighted by atomic mass is 10.1. The van der Waals surface area contributed by atoms with Crippen molar-refractivity contribution in [3.8, 4) is 11.5 Å². The zero-order valence-corrected chi connectivity index (χ0v) is 24.6. The Morgan fingerprint density at radius 1 is 0.857 bits per heavy atom. The molecule has 1 aromatic heterocycles.